The minimum absolute atomic E-state index is 0.264. The Morgan fingerprint density at radius 2 is 2.16 bits per heavy atom. The van der Waals surface area contributed by atoms with Gasteiger partial charge in [0.25, 0.3) is 0 Å². The van der Waals surface area contributed by atoms with Crippen molar-refractivity contribution < 1.29 is 9.59 Å². The zero-order chi connectivity index (χ0) is 13.8. The summed E-state index contributed by atoms with van der Waals surface area (Å²) in [5, 5.41) is 2.06. The predicted molar refractivity (Wildman–Crippen MR) is 72.2 cm³/mol. The van der Waals surface area contributed by atoms with Gasteiger partial charge in [0.2, 0.25) is 5.91 Å². The molecule has 6 nitrogen and oxygen atoms in total. The van der Waals surface area contributed by atoms with Gasteiger partial charge in [0.05, 0.1) is 0 Å². The van der Waals surface area contributed by atoms with Crippen LogP contribution >= 0.6 is 0 Å². The van der Waals surface area contributed by atoms with Crippen LogP contribution < -0.4 is 16.8 Å². The van der Waals surface area contributed by atoms with Crippen LogP contribution in [0.1, 0.15) is 17.5 Å². The fourth-order valence-electron chi connectivity index (χ4n) is 2.35. The number of rotatable bonds is 3. The number of imide groups is 1. The van der Waals surface area contributed by atoms with Gasteiger partial charge in [0, 0.05) is 31.7 Å². The molecule has 1 aliphatic rings. The van der Waals surface area contributed by atoms with Crippen LogP contribution in [0.15, 0.2) is 18.2 Å². The van der Waals surface area contributed by atoms with E-state index in [2.05, 4.69) is 16.3 Å². The highest BCUT2D eigenvalue weighted by Gasteiger charge is 2.18. The van der Waals surface area contributed by atoms with Gasteiger partial charge in [-0.05, 0) is 23.6 Å². The molecule has 0 aliphatic carbocycles. The molecule has 0 saturated heterocycles. The smallest absolute Gasteiger partial charge is 0.318 e. The number of nitrogens with one attached hydrogen (secondary N) is 1. The molecule has 1 aromatic carbocycles. The summed E-state index contributed by atoms with van der Waals surface area (Å²) in [4.78, 5) is 24.0. The second-order valence-corrected chi connectivity index (χ2v) is 4.67. The van der Waals surface area contributed by atoms with Crippen LogP contribution in [0.25, 0.3) is 0 Å². The van der Waals surface area contributed by atoms with E-state index in [1.165, 1.54) is 11.1 Å². The number of hydrogen-bond acceptors (Lipinski definition) is 4. The minimum Gasteiger partial charge on any atom is -0.398 e. The van der Waals surface area contributed by atoms with Crippen molar-refractivity contribution >= 4 is 17.6 Å². The maximum absolute atomic E-state index is 11.3. The van der Waals surface area contributed by atoms with Gasteiger partial charge < -0.3 is 11.5 Å². The molecule has 102 valence electrons. The van der Waals surface area contributed by atoms with Gasteiger partial charge in [0.15, 0.2) is 0 Å². The first-order valence-corrected chi connectivity index (χ1v) is 6.24. The number of nitrogens with zero attached hydrogens (tertiary/aromatic N) is 1. The topological polar surface area (TPSA) is 101 Å². The Morgan fingerprint density at radius 1 is 1.37 bits per heavy atom. The number of carbonyl (C=O) groups excluding carboxylic acids is 2. The van der Waals surface area contributed by atoms with Crippen molar-refractivity contribution in [1.82, 2.24) is 10.2 Å². The summed E-state index contributed by atoms with van der Waals surface area (Å²) in [6, 6.07) is 5.11. The normalized spacial score (nSPS) is 14.7. The Balaban J connectivity index is 1.89. The van der Waals surface area contributed by atoms with Crippen LogP contribution in [-0.4, -0.2) is 29.9 Å². The van der Waals surface area contributed by atoms with Gasteiger partial charge in [-0.15, -0.1) is 0 Å². The van der Waals surface area contributed by atoms with Crippen LogP contribution in [0.4, 0.5) is 10.5 Å². The van der Waals surface area contributed by atoms with Crippen molar-refractivity contribution in [3.05, 3.63) is 29.3 Å². The fourth-order valence-corrected chi connectivity index (χ4v) is 2.35. The summed E-state index contributed by atoms with van der Waals surface area (Å²) in [5.41, 5.74) is 14.1. The summed E-state index contributed by atoms with van der Waals surface area (Å²) in [6.45, 7) is 2.25. The molecule has 0 aromatic heterocycles. The van der Waals surface area contributed by atoms with Crippen molar-refractivity contribution in [2.45, 2.75) is 19.4 Å². The van der Waals surface area contributed by atoms with Crippen molar-refractivity contribution in [3.63, 3.8) is 0 Å². The molecule has 0 atom stereocenters. The molecule has 1 aromatic rings. The summed E-state index contributed by atoms with van der Waals surface area (Å²) < 4.78 is 0. The molecule has 5 N–H and O–H groups in total. The zero-order valence-corrected chi connectivity index (χ0v) is 10.7. The molecule has 6 heteroatoms. The molecule has 19 heavy (non-hydrogen) atoms. The number of anilines is 1. The molecular weight excluding hydrogens is 244 g/mol. The van der Waals surface area contributed by atoms with Crippen LogP contribution in [0.5, 0.6) is 0 Å². The maximum Gasteiger partial charge on any atom is 0.318 e. The quantitative estimate of drug-likeness (QED) is 0.678. The minimum atomic E-state index is -0.804. The van der Waals surface area contributed by atoms with Gasteiger partial charge >= 0.3 is 6.03 Å². The summed E-state index contributed by atoms with van der Waals surface area (Å²) in [7, 11) is 0. The Labute approximate surface area is 111 Å². The molecule has 0 radical (unpaired) electrons. The van der Waals surface area contributed by atoms with Crippen LogP contribution in [0.3, 0.4) is 0 Å². The molecule has 0 bridgehead atoms. The molecule has 0 spiro atoms. The van der Waals surface area contributed by atoms with Gasteiger partial charge in [-0.3, -0.25) is 15.0 Å². The summed E-state index contributed by atoms with van der Waals surface area (Å²) in [6.07, 6.45) is 1.15. The number of nitrogens with two attached hydrogens (primary N) is 2. The zero-order valence-electron chi connectivity index (χ0n) is 10.7. The SMILES string of the molecule is NC(=O)NC(=O)CCN1CCc2c(N)cccc2C1. The first kappa shape index (κ1) is 13.4. The lowest BCUT2D eigenvalue weighted by Crippen LogP contribution is -2.38. The van der Waals surface area contributed by atoms with Crippen molar-refractivity contribution in [3.8, 4) is 0 Å². The second kappa shape index (κ2) is 5.71. The molecule has 1 aliphatic heterocycles. The lowest BCUT2D eigenvalue weighted by Gasteiger charge is -2.29. The Hall–Kier alpha value is -2.08. The third kappa shape index (κ3) is 3.45. The van der Waals surface area contributed by atoms with E-state index in [1.54, 1.807) is 0 Å². The van der Waals surface area contributed by atoms with E-state index < -0.39 is 6.03 Å². The third-order valence-electron chi connectivity index (χ3n) is 3.30. The van der Waals surface area contributed by atoms with Gasteiger partial charge in [-0.2, -0.15) is 0 Å². The highest BCUT2D eigenvalue weighted by Crippen LogP contribution is 2.23. The number of urea groups is 1. The highest BCUT2D eigenvalue weighted by atomic mass is 16.2. The van der Waals surface area contributed by atoms with E-state index in [0.717, 1.165) is 25.2 Å². The fraction of sp³-hybridized carbons (Fsp3) is 0.385. The van der Waals surface area contributed by atoms with Crippen LogP contribution in [-0.2, 0) is 17.8 Å². The molecular formula is C13H18N4O2. The number of benzene rings is 1. The van der Waals surface area contributed by atoms with E-state index in [4.69, 9.17) is 11.5 Å². The van der Waals surface area contributed by atoms with Gasteiger partial charge in [0.1, 0.15) is 0 Å². The van der Waals surface area contributed by atoms with Crippen LogP contribution in [0.2, 0.25) is 0 Å². The predicted octanol–water partition coefficient (Wildman–Crippen LogP) is 0.212. The maximum atomic E-state index is 11.3. The summed E-state index contributed by atoms with van der Waals surface area (Å²) in [5.74, 6) is -0.342. The Bertz CT molecular complexity index is 501. The molecule has 2 rings (SSSR count). The highest BCUT2D eigenvalue weighted by molar-refractivity contribution is 5.93. The van der Waals surface area contributed by atoms with E-state index >= 15 is 0 Å². The van der Waals surface area contributed by atoms with E-state index in [9.17, 15) is 9.59 Å². The van der Waals surface area contributed by atoms with Gasteiger partial charge in [-0.1, -0.05) is 12.1 Å². The Kier molecular flexibility index (Phi) is 4.01. The molecule has 3 amide bonds. The molecule has 0 unspecified atom stereocenters. The van der Waals surface area contributed by atoms with Gasteiger partial charge in [-0.25, -0.2) is 4.79 Å². The van der Waals surface area contributed by atoms with Crippen molar-refractivity contribution in [1.29, 1.82) is 0 Å². The standard InChI is InChI=1S/C13H18N4O2/c14-11-3-1-2-9-8-17(6-4-10(9)11)7-5-12(18)16-13(15)19/h1-3H,4-8,14H2,(H3,15,16,18,19). The van der Waals surface area contributed by atoms with E-state index in [1.807, 2.05) is 12.1 Å². The lowest BCUT2D eigenvalue weighted by atomic mass is 9.98. The van der Waals surface area contributed by atoms with Crippen molar-refractivity contribution in [2.75, 3.05) is 18.8 Å². The van der Waals surface area contributed by atoms with Crippen LogP contribution in [0, 0.1) is 0 Å². The molecule has 0 fully saturated rings. The number of carbonyl (C=O) groups is 2. The number of fused-ring (bicyclic) bond motifs is 1. The first-order chi connectivity index (χ1) is 9.06. The number of hydrogen-bond donors (Lipinski definition) is 3. The van der Waals surface area contributed by atoms with E-state index in [0.29, 0.717) is 6.54 Å². The van der Waals surface area contributed by atoms with Crippen molar-refractivity contribution in [2.24, 2.45) is 5.73 Å². The monoisotopic (exact) mass is 262 g/mol. The molecule has 0 saturated carbocycles. The second-order valence-electron chi connectivity index (χ2n) is 4.67. The summed E-state index contributed by atoms with van der Waals surface area (Å²) >= 11 is 0. The molecule has 1 heterocycles. The largest absolute Gasteiger partial charge is 0.398 e. The number of nitrogen functional groups attached to an aromatic ring is 1. The Morgan fingerprint density at radius 3 is 2.89 bits per heavy atom. The third-order valence-corrected chi connectivity index (χ3v) is 3.30. The van der Waals surface area contributed by atoms with E-state index in [-0.39, 0.29) is 12.3 Å². The average molecular weight is 262 g/mol. The number of amides is 3. The number of primary amides is 1. The lowest BCUT2D eigenvalue weighted by molar-refractivity contribution is -0.120. The average Bonchev–Trinajstić information content (AvgIpc) is 2.36. The first-order valence-electron chi connectivity index (χ1n) is 6.24.